The molecule has 0 unspecified atom stereocenters. The number of hydrogen-bond donors (Lipinski definition) is 2. The van der Waals surface area contributed by atoms with E-state index in [9.17, 15) is 4.79 Å². The smallest absolute Gasteiger partial charge is 0.276 e. The molecule has 3 rings (SSSR count). The molecule has 20 heavy (non-hydrogen) atoms. The molecule has 0 saturated heterocycles. The number of anilines is 1. The van der Waals surface area contributed by atoms with Gasteiger partial charge in [-0.1, -0.05) is 48.5 Å². The number of carbonyl (C=O) groups excluding carboxylic acids is 1. The molecule has 0 saturated carbocycles. The van der Waals surface area contributed by atoms with Crippen LogP contribution in [0.25, 0.3) is 11.1 Å². The second-order valence-corrected chi connectivity index (χ2v) is 4.33. The highest BCUT2D eigenvalue weighted by molar-refractivity contribution is 6.07. The van der Waals surface area contributed by atoms with Crippen LogP contribution in [0.5, 0.6) is 0 Å². The Hall–Kier alpha value is -2.88. The molecule has 3 aromatic rings. The lowest BCUT2D eigenvalue weighted by atomic mass is 10.1. The van der Waals surface area contributed by atoms with Crippen molar-refractivity contribution in [1.82, 2.24) is 10.2 Å². The van der Waals surface area contributed by atoms with Crippen LogP contribution in [0.4, 0.5) is 5.69 Å². The standard InChI is InChI=1S/C16H13N3O/c20-16(18-13-9-5-2-6-10-13)15-14(11-17-19-15)12-7-3-1-4-8-12/h1-11H,(H,17,19)(H,18,20). The summed E-state index contributed by atoms with van der Waals surface area (Å²) in [7, 11) is 0. The van der Waals surface area contributed by atoms with E-state index in [2.05, 4.69) is 15.5 Å². The first-order chi connectivity index (χ1) is 9.84. The number of nitrogens with zero attached hydrogens (tertiary/aromatic N) is 1. The summed E-state index contributed by atoms with van der Waals surface area (Å²) in [4.78, 5) is 12.3. The summed E-state index contributed by atoms with van der Waals surface area (Å²) in [6, 6.07) is 19.0. The van der Waals surface area contributed by atoms with E-state index in [0.717, 1.165) is 16.8 Å². The van der Waals surface area contributed by atoms with Gasteiger partial charge in [-0.25, -0.2) is 0 Å². The molecule has 0 atom stereocenters. The maximum absolute atomic E-state index is 12.3. The molecule has 0 aliphatic heterocycles. The third-order valence-electron chi connectivity index (χ3n) is 2.97. The molecule has 1 heterocycles. The van der Waals surface area contributed by atoms with Gasteiger partial charge in [0.1, 0.15) is 0 Å². The van der Waals surface area contributed by atoms with Crippen molar-refractivity contribution in [2.45, 2.75) is 0 Å². The number of carbonyl (C=O) groups is 1. The van der Waals surface area contributed by atoms with E-state index in [4.69, 9.17) is 0 Å². The lowest BCUT2D eigenvalue weighted by Crippen LogP contribution is -2.13. The highest BCUT2D eigenvalue weighted by atomic mass is 16.1. The lowest BCUT2D eigenvalue weighted by molar-refractivity contribution is 0.102. The number of para-hydroxylation sites is 1. The quantitative estimate of drug-likeness (QED) is 0.761. The monoisotopic (exact) mass is 263 g/mol. The van der Waals surface area contributed by atoms with Crippen molar-refractivity contribution in [3.8, 4) is 11.1 Å². The second-order valence-electron chi connectivity index (χ2n) is 4.33. The number of aromatic amines is 1. The van der Waals surface area contributed by atoms with Crippen LogP contribution in [0.1, 0.15) is 10.5 Å². The van der Waals surface area contributed by atoms with Crippen LogP contribution >= 0.6 is 0 Å². The third kappa shape index (κ3) is 2.44. The molecule has 1 aromatic heterocycles. The minimum atomic E-state index is -0.226. The third-order valence-corrected chi connectivity index (χ3v) is 2.97. The van der Waals surface area contributed by atoms with E-state index in [-0.39, 0.29) is 5.91 Å². The normalized spacial score (nSPS) is 10.2. The van der Waals surface area contributed by atoms with Crippen molar-refractivity contribution in [3.05, 3.63) is 72.6 Å². The summed E-state index contributed by atoms with van der Waals surface area (Å²) in [6.45, 7) is 0. The molecule has 0 bridgehead atoms. The van der Waals surface area contributed by atoms with Gasteiger partial charge < -0.3 is 5.32 Å². The highest BCUT2D eigenvalue weighted by Gasteiger charge is 2.15. The Morgan fingerprint density at radius 1 is 0.950 bits per heavy atom. The maximum atomic E-state index is 12.3. The van der Waals surface area contributed by atoms with Crippen LogP contribution in [0.2, 0.25) is 0 Å². The van der Waals surface area contributed by atoms with Crippen LogP contribution < -0.4 is 5.32 Å². The van der Waals surface area contributed by atoms with Crippen LogP contribution in [-0.2, 0) is 0 Å². The molecule has 4 nitrogen and oxygen atoms in total. The van der Waals surface area contributed by atoms with Gasteiger partial charge >= 0.3 is 0 Å². The molecule has 0 spiro atoms. The Balaban J connectivity index is 1.88. The summed E-state index contributed by atoms with van der Waals surface area (Å²) < 4.78 is 0. The van der Waals surface area contributed by atoms with Crippen molar-refractivity contribution < 1.29 is 4.79 Å². The molecule has 4 heteroatoms. The van der Waals surface area contributed by atoms with Gasteiger partial charge in [0.2, 0.25) is 0 Å². The molecular formula is C16H13N3O. The van der Waals surface area contributed by atoms with Crippen molar-refractivity contribution in [2.24, 2.45) is 0 Å². The number of hydrogen-bond acceptors (Lipinski definition) is 2. The molecule has 98 valence electrons. The van der Waals surface area contributed by atoms with E-state index in [1.54, 1.807) is 6.20 Å². The van der Waals surface area contributed by atoms with Gasteiger partial charge in [-0.05, 0) is 17.7 Å². The van der Waals surface area contributed by atoms with Gasteiger partial charge in [0.05, 0.1) is 0 Å². The van der Waals surface area contributed by atoms with Crippen LogP contribution in [0, 0.1) is 0 Å². The number of benzene rings is 2. The van der Waals surface area contributed by atoms with Gasteiger partial charge in [-0.15, -0.1) is 0 Å². The molecule has 2 N–H and O–H groups in total. The zero-order chi connectivity index (χ0) is 13.8. The maximum Gasteiger partial charge on any atom is 0.276 e. The van der Waals surface area contributed by atoms with Crippen molar-refractivity contribution in [1.29, 1.82) is 0 Å². The summed E-state index contributed by atoms with van der Waals surface area (Å²) in [5.41, 5.74) is 2.89. The fourth-order valence-corrected chi connectivity index (χ4v) is 2.01. The topological polar surface area (TPSA) is 57.8 Å². The fourth-order valence-electron chi connectivity index (χ4n) is 2.01. The first-order valence-electron chi connectivity index (χ1n) is 6.30. The average Bonchev–Trinajstić information content (AvgIpc) is 2.99. The molecule has 0 aliphatic rings. The summed E-state index contributed by atoms with van der Waals surface area (Å²) >= 11 is 0. The molecule has 0 aliphatic carbocycles. The molecule has 0 fully saturated rings. The number of amides is 1. The predicted molar refractivity (Wildman–Crippen MR) is 78.4 cm³/mol. The van der Waals surface area contributed by atoms with Crippen molar-refractivity contribution >= 4 is 11.6 Å². The fraction of sp³-hybridized carbons (Fsp3) is 0. The molecule has 2 aromatic carbocycles. The van der Waals surface area contributed by atoms with Gasteiger partial charge in [0.15, 0.2) is 5.69 Å². The van der Waals surface area contributed by atoms with E-state index in [1.807, 2.05) is 60.7 Å². The largest absolute Gasteiger partial charge is 0.321 e. The Bertz CT molecular complexity index is 705. The van der Waals surface area contributed by atoms with E-state index < -0.39 is 0 Å². The van der Waals surface area contributed by atoms with Gasteiger partial charge in [-0.2, -0.15) is 5.10 Å². The van der Waals surface area contributed by atoms with Crippen LogP contribution in [0.15, 0.2) is 66.9 Å². The SMILES string of the molecule is O=C(Nc1ccccc1)c1n[nH]cc1-c1ccccc1. The number of rotatable bonds is 3. The zero-order valence-electron chi connectivity index (χ0n) is 10.7. The Kier molecular flexibility index (Phi) is 3.29. The lowest BCUT2D eigenvalue weighted by Gasteiger charge is -2.05. The zero-order valence-corrected chi connectivity index (χ0v) is 10.7. The molecular weight excluding hydrogens is 250 g/mol. The average molecular weight is 263 g/mol. The van der Waals surface area contributed by atoms with Crippen LogP contribution in [-0.4, -0.2) is 16.1 Å². The van der Waals surface area contributed by atoms with E-state index in [0.29, 0.717) is 5.69 Å². The second kappa shape index (κ2) is 5.40. The predicted octanol–water partition coefficient (Wildman–Crippen LogP) is 3.33. The van der Waals surface area contributed by atoms with Crippen LogP contribution in [0.3, 0.4) is 0 Å². The first kappa shape index (κ1) is 12.2. The minimum Gasteiger partial charge on any atom is -0.321 e. The van der Waals surface area contributed by atoms with E-state index >= 15 is 0 Å². The first-order valence-corrected chi connectivity index (χ1v) is 6.30. The minimum absolute atomic E-state index is 0.226. The summed E-state index contributed by atoms with van der Waals surface area (Å²) in [5.74, 6) is -0.226. The Labute approximate surface area is 116 Å². The number of aromatic nitrogens is 2. The van der Waals surface area contributed by atoms with Gasteiger partial charge in [0.25, 0.3) is 5.91 Å². The number of H-pyrrole nitrogens is 1. The van der Waals surface area contributed by atoms with Gasteiger partial charge in [-0.3, -0.25) is 9.89 Å². The summed E-state index contributed by atoms with van der Waals surface area (Å²) in [6.07, 6.45) is 1.73. The highest BCUT2D eigenvalue weighted by Crippen LogP contribution is 2.22. The molecule has 1 amide bonds. The van der Waals surface area contributed by atoms with Gasteiger partial charge in [0, 0.05) is 17.4 Å². The number of nitrogens with one attached hydrogen (secondary N) is 2. The Morgan fingerprint density at radius 2 is 1.60 bits per heavy atom. The van der Waals surface area contributed by atoms with E-state index in [1.165, 1.54) is 0 Å². The van der Waals surface area contributed by atoms with Crippen molar-refractivity contribution in [3.63, 3.8) is 0 Å². The van der Waals surface area contributed by atoms with Crippen molar-refractivity contribution in [2.75, 3.05) is 5.32 Å². The summed E-state index contributed by atoms with van der Waals surface area (Å²) in [5, 5.41) is 9.64. The Morgan fingerprint density at radius 3 is 2.30 bits per heavy atom. The molecule has 0 radical (unpaired) electrons.